The fraction of sp³-hybridized carbons (Fsp3) is 0.333. The average Bonchev–Trinajstić information content (AvgIpc) is 2.03. The van der Waals surface area contributed by atoms with Crippen molar-refractivity contribution >= 4 is 23.4 Å². The average molecular weight is 223 g/mol. The molecular weight excluding hydrogens is 214 g/mol. The van der Waals surface area contributed by atoms with E-state index in [2.05, 4.69) is 0 Å². The number of rotatable bonds is 2. The molecule has 1 aromatic carbocycles. The number of halogens is 3. The van der Waals surface area contributed by atoms with E-state index in [9.17, 15) is 8.78 Å². The molecule has 1 rings (SSSR count). The van der Waals surface area contributed by atoms with Crippen molar-refractivity contribution in [1.29, 1.82) is 0 Å². The highest BCUT2D eigenvalue weighted by Gasteiger charge is 2.27. The highest BCUT2D eigenvalue weighted by atomic mass is 35.5. The summed E-state index contributed by atoms with van der Waals surface area (Å²) in [6.07, 6.45) is 1.83. The summed E-state index contributed by atoms with van der Waals surface area (Å²) in [5.74, 6) is -2.87. The van der Waals surface area contributed by atoms with Crippen LogP contribution in [0.5, 0.6) is 0 Å². The summed E-state index contributed by atoms with van der Waals surface area (Å²) < 4.78 is 25.9. The van der Waals surface area contributed by atoms with Crippen molar-refractivity contribution in [2.75, 3.05) is 6.26 Å². The summed E-state index contributed by atoms with van der Waals surface area (Å²) in [6, 6.07) is 4.65. The van der Waals surface area contributed by atoms with Crippen molar-refractivity contribution in [3.8, 4) is 0 Å². The summed E-state index contributed by atoms with van der Waals surface area (Å²) in [6.45, 7) is 0.846. The summed E-state index contributed by atoms with van der Waals surface area (Å²) in [5.41, 5.74) is -0.110. The second-order valence-electron chi connectivity index (χ2n) is 2.73. The molecule has 0 saturated heterocycles. The van der Waals surface area contributed by atoms with Crippen molar-refractivity contribution in [2.24, 2.45) is 0 Å². The molecule has 0 fully saturated rings. The van der Waals surface area contributed by atoms with Crippen LogP contribution in [0, 0.1) is 0 Å². The number of hydrogen-bond donors (Lipinski definition) is 0. The molecule has 13 heavy (non-hydrogen) atoms. The Morgan fingerprint density at radius 3 is 2.46 bits per heavy atom. The van der Waals surface area contributed by atoms with Crippen molar-refractivity contribution in [1.82, 2.24) is 0 Å². The Morgan fingerprint density at radius 2 is 2.00 bits per heavy atom. The van der Waals surface area contributed by atoms with Crippen LogP contribution in [0.3, 0.4) is 0 Å². The predicted octanol–water partition coefficient (Wildman–Crippen LogP) is 4.17. The van der Waals surface area contributed by atoms with Crippen LogP contribution in [0.15, 0.2) is 23.1 Å². The molecule has 0 aliphatic rings. The van der Waals surface area contributed by atoms with E-state index >= 15 is 0 Å². The molecule has 72 valence electrons. The molecule has 0 aliphatic heterocycles. The minimum absolute atomic E-state index is 0.110. The Bertz CT molecular complexity index is 307. The molecule has 0 unspecified atom stereocenters. The largest absolute Gasteiger partial charge is 0.271 e. The predicted molar refractivity (Wildman–Crippen MR) is 52.8 cm³/mol. The maximum Gasteiger partial charge on any atom is 0.271 e. The monoisotopic (exact) mass is 222 g/mol. The Balaban J connectivity index is 3.19. The van der Waals surface area contributed by atoms with Gasteiger partial charge in [-0.15, -0.1) is 11.8 Å². The van der Waals surface area contributed by atoms with Gasteiger partial charge in [0.15, 0.2) is 0 Å². The zero-order valence-corrected chi connectivity index (χ0v) is 8.85. The lowest BCUT2D eigenvalue weighted by Gasteiger charge is -2.13. The number of benzene rings is 1. The fourth-order valence-corrected chi connectivity index (χ4v) is 1.69. The van der Waals surface area contributed by atoms with Crippen molar-refractivity contribution < 1.29 is 8.78 Å². The standard InChI is InChI=1S/C9H9ClF2S/c1-9(11,12)7-5-6(13-2)3-4-8(7)10/h3-5H,1-2H3. The Morgan fingerprint density at radius 1 is 1.38 bits per heavy atom. The van der Waals surface area contributed by atoms with Gasteiger partial charge in [-0.1, -0.05) is 11.6 Å². The van der Waals surface area contributed by atoms with Crippen LogP contribution in [0.2, 0.25) is 5.02 Å². The normalized spacial score (nSPS) is 11.8. The molecule has 0 nitrogen and oxygen atoms in total. The van der Waals surface area contributed by atoms with E-state index in [0.29, 0.717) is 0 Å². The Kier molecular flexibility index (Phi) is 3.19. The highest BCUT2D eigenvalue weighted by Crippen LogP contribution is 2.34. The number of hydrogen-bond acceptors (Lipinski definition) is 1. The van der Waals surface area contributed by atoms with Crippen molar-refractivity contribution in [3.05, 3.63) is 28.8 Å². The van der Waals surface area contributed by atoms with Gasteiger partial charge in [0.1, 0.15) is 0 Å². The molecule has 0 heterocycles. The zero-order chi connectivity index (χ0) is 10.1. The summed E-state index contributed by atoms with van der Waals surface area (Å²) >= 11 is 7.06. The molecule has 0 saturated carbocycles. The number of thioether (sulfide) groups is 1. The fourth-order valence-electron chi connectivity index (χ4n) is 0.968. The summed E-state index contributed by atoms with van der Waals surface area (Å²) in [5, 5.41) is 0.116. The third-order valence-corrected chi connectivity index (χ3v) is 2.70. The van der Waals surface area contributed by atoms with E-state index in [-0.39, 0.29) is 10.6 Å². The van der Waals surface area contributed by atoms with Crippen LogP contribution in [0.25, 0.3) is 0 Å². The van der Waals surface area contributed by atoms with Gasteiger partial charge in [0.05, 0.1) is 0 Å². The van der Waals surface area contributed by atoms with Crippen LogP contribution in [0.1, 0.15) is 12.5 Å². The topological polar surface area (TPSA) is 0 Å². The first kappa shape index (κ1) is 10.8. The van der Waals surface area contributed by atoms with Crippen LogP contribution in [-0.4, -0.2) is 6.26 Å². The minimum atomic E-state index is -2.87. The Labute approximate surface area is 85.3 Å². The van der Waals surface area contributed by atoms with Crippen molar-refractivity contribution in [2.45, 2.75) is 17.7 Å². The van der Waals surface area contributed by atoms with E-state index in [1.165, 1.54) is 23.9 Å². The minimum Gasteiger partial charge on any atom is -0.202 e. The lowest BCUT2D eigenvalue weighted by atomic mass is 10.1. The van der Waals surface area contributed by atoms with Crippen LogP contribution in [0.4, 0.5) is 8.78 Å². The Hall–Kier alpha value is -0.280. The molecular formula is C9H9ClF2S. The lowest BCUT2D eigenvalue weighted by molar-refractivity contribution is 0.0174. The van der Waals surface area contributed by atoms with Gasteiger partial charge in [0, 0.05) is 22.4 Å². The van der Waals surface area contributed by atoms with Gasteiger partial charge < -0.3 is 0 Å². The van der Waals surface area contributed by atoms with E-state index in [4.69, 9.17) is 11.6 Å². The van der Waals surface area contributed by atoms with E-state index < -0.39 is 5.92 Å². The highest BCUT2D eigenvalue weighted by molar-refractivity contribution is 7.98. The molecule has 0 amide bonds. The molecule has 0 aromatic heterocycles. The molecule has 0 N–H and O–H groups in total. The first-order valence-electron chi connectivity index (χ1n) is 3.67. The molecule has 4 heteroatoms. The third-order valence-electron chi connectivity index (χ3n) is 1.65. The second kappa shape index (κ2) is 3.84. The van der Waals surface area contributed by atoms with E-state index in [1.807, 2.05) is 6.26 Å². The van der Waals surface area contributed by atoms with Crippen molar-refractivity contribution in [3.63, 3.8) is 0 Å². The third kappa shape index (κ3) is 2.58. The summed E-state index contributed by atoms with van der Waals surface area (Å²) in [7, 11) is 0. The van der Waals surface area contributed by atoms with E-state index in [0.717, 1.165) is 11.8 Å². The van der Waals surface area contributed by atoms with Gasteiger partial charge in [-0.2, -0.15) is 0 Å². The van der Waals surface area contributed by atoms with Gasteiger partial charge in [-0.25, -0.2) is 8.78 Å². The maximum absolute atomic E-state index is 12.9. The molecule has 0 bridgehead atoms. The number of alkyl halides is 2. The molecule has 0 atom stereocenters. The first-order chi connectivity index (χ1) is 5.95. The summed E-state index contributed by atoms with van der Waals surface area (Å²) in [4.78, 5) is 0.793. The van der Waals surface area contributed by atoms with Gasteiger partial charge >= 0.3 is 0 Å². The second-order valence-corrected chi connectivity index (χ2v) is 4.02. The first-order valence-corrected chi connectivity index (χ1v) is 5.27. The van der Waals surface area contributed by atoms with Gasteiger partial charge in [-0.3, -0.25) is 0 Å². The van der Waals surface area contributed by atoms with Gasteiger partial charge in [0.2, 0.25) is 0 Å². The molecule has 1 aromatic rings. The van der Waals surface area contributed by atoms with Gasteiger partial charge in [0.25, 0.3) is 5.92 Å². The lowest BCUT2D eigenvalue weighted by Crippen LogP contribution is -2.07. The molecule has 0 spiro atoms. The molecule has 0 radical (unpaired) electrons. The van der Waals surface area contributed by atoms with Gasteiger partial charge in [-0.05, 0) is 24.5 Å². The van der Waals surface area contributed by atoms with Crippen LogP contribution < -0.4 is 0 Å². The smallest absolute Gasteiger partial charge is 0.202 e. The van der Waals surface area contributed by atoms with E-state index in [1.54, 1.807) is 6.07 Å². The SMILES string of the molecule is CSc1ccc(Cl)c(C(C)(F)F)c1. The quantitative estimate of drug-likeness (QED) is 0.677. The maximum atomic E-state index is 12.9. The molecule has 0 aliphatic carbocycles. The zero-order valence-electron chi connectivity index (χ0n) is 7.27. The van der Waals surface area contributed by atoms with Crippen LogP contribution >= 0.6 is 23.4 Å². The van der Waals surface area contributed by atoms with Crippen LogP contribution in [-0.2, 0) is 5.92 Å².